The molecule has 2 aromatic rings. The van der Waals surface area contributed by atoms with Crippen LogP contribution in [0.15, 0.2) is 41.4 Å². The first-order chi connectivity index (χ1) is 14.9. The number of benzene rings is 2. The summed E-state index contributed by atoms with van der Waals surface area (Å²) in [5.41, 5.74) is 10.4. The molecule has 3 aliphatic rings. The fourth-order valence-corrected chi connectivity index (χ4v) is 6.37. The highest BCUT2D eigenvalue weighted by Gasteiger charge is 2.61. The molecule has 0 bridgehead atoms. The van der Waals surface area contributed by atoms with E-state index in [1.807, 2.05) is 13.2 Å². The lowest BCUT2D eigenvalue weighted by atomic mass is 9.61. The van der Waals surface area contributed by atoms with Gasteiger partial charge >= 0.3 is 0 Å². The fourth-order valence-electron chi connectivity index (χ4n) is 6.15. The van der Waals surface area contributed by atoms with E-state index in [4.69, 9.17) is 27.1 Å². The van der Waals surface area contributed by atoms with Gasteiger partial charge in [-0.1, -0.05) is 23.7 Å². The van der Waals surface area contributed by atoms with E-state index < -0.39 is 0 Å². The predicted octanol–water partition coefficient (Wildman–Crippen LogP) is 5.12. The Bertz CT molecular complexity index is 1030. The second kappa shape index (κ2) is 7.49. The maximum absolute atomic E-state index is 14.0. The first-order valence-corrected chi connectivity index (χ1v) is 11.5. The number of methoxy groups -OCH3 is 1. The van der Waals surface area contributed by atoms with Crippen molar-refractivity contribution in [1.29, 1.82) is 0 Å². The molecule has 1 aliphatic heterocycles. The van der Waals surface area contributed by atoms with E-state index in [-0.39, 0.29) is 16.8 Å². The van der Waals surface area contributed by atoms with Crippen LogP contribution < -0.4 is 5.73 Å². The molecule has 0 saturated heterocycles. The number of hydrogen-bond acceptors (Lipinski definition) is 4. The molecule has 4 nitrogen and oxygen atoms in total. The van der Waals surface area contributed by atoms with Crippen LogP contribution in [0, 0.1) is 11.2 Å². The Balaban J connectivity index is 1.63. The summed E-state index contributed by atoms with van der Waals surface area (Å²) >= 11 is 6.14. The van der Waals surface area contributed by atoms with Gasteiger partial charge in [0.25, 0.3) is 0 Å². The lowest BCUT2D eigenvalue weighted by Crippen LogP contribution is -2.48. The van der Waals surface area contributed by atoms with Gasteiger partial charge in [0.05, 0.1) is 12.6 Å². The van der Waals surface area contributed by atoms with Crippen LogP contribution in [0.1, 0.15) is 43.7 Å². The number of guanidine groups is 1. The van der Waals surface area contributed by atoms with Crippen LogP contribution >= 0.6 is 11.6 Å². The van der Waals surface area contributed by atoms with Crippen molar-refractivity contribution in [2.45, 2.75) is 50.7 Å². The predicted molar refractivity (Wildman–Crippen MR) is 123 cm³/mol. The van der Waals surface area contributed by atoms with Crippen LogP contribution in [0.2, 0.25) is 5.02 Å². The molecule has 0 aromatic heterocycles. The van der Waals surface area contributed by atoms with Crippen LogP contribution in [-0.2, 0) is 16.7 Å². The summed E-state index contributed by atoms with van der Waals surface area (Å²) in [6, 6.07) is 11.2. The molecule has 2 aromatic carbocycles. The molecule has 0 amide bonds. The summed E-state index contributed by atoms with van der Waals surface area (Å²) in [4.78, 5) is 7.38. The third-order valence-corrected chi connectivity index (χ3v) is 8.03. The number of rotatable bonds is 3. The average molecular weight is 442 g/mol. The third-order valence-electron chi connectivity index (χ3n) is 7.81. The van der Waals surface area contributed by atoms with E-state index in [0.717, 1.165) is 56.3 Å². The number of aliphatic imine (C=N–C) groups is 1. The first kappa shape index (κ1) is 20.8. The van der Waals surface area contributed by atoms with Gasteiger partial charge in [0.2, 0.25) is 0 Å². The number of fused-ring (bicyclic) bond motifs is 3. The van der Waals surface area contributed by atoms with Crippen molar-refractivity contribution >= 4 is 17.6 Å². The van der Waals surface area contributed by atoms with Crippen LogP contribution in [0.3, 0.4) is 0 Å². The Morgan fingerprint density at radius 1 is 1.19 bits per heavy atom. The number of likely N-dealkylation sites (N-methyl/N-ethyl adjacent to an activating group) is 1. The molecule has 6 heteroatoms. The maximum Gasteiger partial charge on any atom is 0.192 e. The Kier molecular flexibility index (Phi) is 5.02. The molecule has 164 valence electrons. The molecule has 0 radical (unpaired) electrons. The minimum atomic E-state index is -0.367. The van der Waals surface area contributed by atoms with E-state index in [0.29, 0.717) is 17.1 Å². The first-order valence-electron chi connectivity index (χ1n) is 11.1. The quantitative estimate of drug-likeness (QED) is 0.718. The van der Waals surface area contributed by atoms with Crippen molar-refractivity contribution in [2.24, 2.45) is 16.1 Å². The van der Waals surface area contributed by atoms with Gasteiger partial charge in [-0.05, 0) is 85.5 Å². The van der Waals surface area contributed by atoms with E-state index >= 15 is 0 Å². The lowest BCUT2D eigenvalue weighted by Gasteiger charge is -2.46. The molecule has 2 N–H and O–H groups in total. The van der Waals surface area contributed by atoms with Crippen LogP contribution in [0.25, 0.3) is 11.1 Å². The highest BCUT2D eigenvalue weighted by atomic mass is 35.5. The zero-order chi connectivity index (χ0) is 21.8. The Morgan fingerprint density at radius 3 is 2.61 bits per heavy atom. The number of ether oxygens (including phenoxy) is 1. The number of hydrogen-bond donors (Lipinski definition) is 1. The highest BCUT2D eigenvalue weighted by Crippen LogP contribution is 2.61. The van der Waals surface area contributed by atoms with Crippen LogP contribution in [-0.4, -0.2) is 37.2 Å². The van der Waals surface area contributed by atoms with E-state index in [2.05, 4.69) is 30.0 Å². The summed E-state index contributed by atoms with van der Waals surface area (Å²) in [6.07, 6.45) is 5.53. The van der Waals surface area contributed by atoms with Crippen molar-refractivity contribution in [3.8, 4) is 11.1 Å². The van der Waals surface area contributed by atoms with Gasteiger partial charge < -0.3 is 15.4 Å². The zero-order valence-electron chi connectivity index (χ0n) is 18.1. The molecular weight excluding hydrogens is 413 g/mol. The Morgan fingerprint density at radius 2 is 1.97 bits per heavy atom. The molecular formula is C25H29ClFN3O. The molecule has 1 unspecified atom stereocenters. The molecule has 1 heterocycles. The van der Waals surface area contributed by atoms with Gasteiger partial charge in [-0.2, -0.15) is 0 Å². The number of halogens is 2. The maximum atomic E-state index is 14.0. The topological polar surface area (TPSA) is 50.8 Å². The van der Waals surface area contributed by atoms with Crippen LogP contribution in [0.5, 0.6) is 0 Å². The standard InChI is InChI=1S/C25H29ClFN3O/c1-3-30-15-25(29-23(30)28)22-12-16(18-10-19(26)13-20(27)11-18)4-5-17(22)14-24(25)8-6-21(31-2)7-9-24/h4-5,10-13,21H,3,6-9,14-15H2,1-2H3,(H2,28,29). The lowest BCUT2D eigenvalue weighted by molar-refractivity contribution is -0.00390. The van der Waals surface area contributed by atoms with Crippen molar-refractivity contribution in [2.75, 3.05) is 20.2 Å². The van der Waals surface area contributed by atoms with Crippen molar-refractivity contribution in [3.05, 3.63) is 58.4 Å². The summed E-state index contributed by atoms with van der Waals surface area (Å²) in [5.74, 6) is 0.301. The monoisotopic (exact) mass is 441 g/mol. The van der Waals surface area contributed by atoms with Gasteiger partial charge in [0.1, 0.15) is 11.4 Å². The highest BCUT2D eigenvalue weighted by molar-refractivity contribution is 6.30. The smallest absolute Gasteiger partial charge is 0.192 e. The fraction of sp³-hybridized carbons (Fsp3) is 0.480. The van der Waals surface area contributed by atoms with E-state index in [1.165, 1.54) is 17.2 Å². The van der Waals surface area contributed by atoms with Gasteiger partial charge in [0, 0.05) is 24.1 Å². The van der Waals surface area contributed by atoms with Crippen molar-refractivity contribution < 1.29 is 9.13 Å². The SMILES string of the molecule is CCN1CC2(N=C1N)c1cc(-c3cc(F)cc(Cl)c3)ccc1CC21CCC(OC)CC1. The minimum Gasteiger partial charge on any atom is -0.381 e. The summed E-state index contributed by atoms with van der Waals surface area (Å²) in [5, 5.41) is 0.403. The van der Waals surface area contributed by atoms with Crippen molar-refractivity contribution in [3.63, 3.8) is 0 Å². The Hall–Kier alpha value is -2.11. The number of nitrogens with zero attached hydrogens (tertiary/aromatic N) is 2. The van der Waals surface area contributed by atoms with Crippen molar-refractivity contribution in [1.82, 2.24) is 4.90 Å². The third kappa shape index (κ3) is 3.16. The van der Waals surface area contributed by atoms with E-state index in [1.54, 1.807) is 6.07 Å². The molecule has 31 heavy (non-hydrogen) atoms. The van der Waals surface area contributed by atoms with Gasteiger partial charge in [-0.3, -0.25) is 0 Å². The van der Waals surface area contributed by atoms with Gasteiger partial charge in [-0.25, -0.2) is 9.38 Å². The summed E-state index contributed by atoms with van der Waals surface area (Å²) < 4.78 is 19.7. The van der Waals surface area contributed by atoms with Crippen LogP contribution in [0.4, 0.5) is 4.39 Å². The Labute approximate surface area is 188 Å². The van der Waals surface area contributed by atoms with Gasteiger partial charge in [0.15, 0.2) is 5.96 Å². The molecule has 1 saturated carbocycles. The molecule has 2 aliphatic carbocycles. The molecule has 1 fully saturated rings. The summed E-state index contributed by atoms with van der Waals surface area (Å²) in [7, 11) is 1.81. The van der Waals surface area contributed by atoms with Gasteiger partial charge in [-0.15, -0.1) is 0 Å². The minimum absolute atomic E-state index is 0.0388. The summed E-state index contributed by atoms with van der Waals surface area (Å²) in [6.45, 7) is 3.76. The molecule has 1 atom stereocenters. The average Bonchev–Trinajstić information content (AvgIpc) is 3.23. The number of nitrogens with two attached hydrogens (primary N) is 1. The second-order valence-corrected chi connectivity index (χ2v) is 9.70. The second-order valence-electron chi connectivity index (χ2n) is 9.27. The van der Waals surface area contributed by atoms with E-state index in [9.17, 15) is 4.39 Å². The normalized spacial score (nSPS) is 29.6. The zero-order valence-corrected chi connectivity index (χ0v) is 18.9. The molecule has 5 rings (SSSR count). The molecule has 2 spiro atoms. The largest absolute Gasteiger partial charge is 0.381 e.